The minimum atomic E-state index is 0.256. The van der Waals surface area contributed by atoms with Crippen molar-refractivity contribution >= 4 is 11.7 Å². The van der Waals surface area contributed by atoms with Gasteiger partial charge in [-0.05, 0) is 49.2 Å². The van der Waals surface area contributed by atoms with Crippen molar-refractivity contribution < 1.29 is 0 Å². The lowest BCUT2D eigenvalue weighted by molar-refractivity contribution is 0.174. The molecule has 0 N–H and O–H groups in total. The van der Waals surface area contributed by atoms with Crippen molar-refractivity contribution in [1.29, 1.82) is 0 Å². The van der Waals surface area contributed by atoms with Crippen molar-refractivity contribution in [3.8, 4) is 0 Å². The van der Waals surface area contributed by atoms with E-state index in [1.54, 1.807) is 6.33 Å². The minimum absolute atomic E-state index is 0.256. The van der Waals surface area contributed by atoms with Crippen molar-refractivity contribution in [2.75, 3.05) is 13.1 Å². The molecule has 0 radical (unpaired) electrons. The van der Waals surface area contributed by atoms with E-state index < -0.39 is 0 Å². The van der Waals surface area contributed by atoms with Crippen LogP contribution in [0.5, 0.6) is 0 Å². The molecule has 2 aliphatic rings. The minimum Gasteiger partial charge on any atom is -0.297 e. The summed E-state index contributed by atoms with van der Waals surface area (Å²) in [7, 11) is 0. The second-order valence-electron chi connectivity index (χ2n) is 6.90. The first-order valence-corrected chi connectivity index (χ1v) is 8.63. The van der Waals surface area contributed by atoms with E-state index in [-0.39, 0.29) is 5.41 Å². The third-order valence-corrected chi connectivity index (χ3v) is 5.59. The molecular formula is C20H20N4. The Morgan fingerprint density at radius 2 is 1.88 bits per heavy atom. The van der Waals surface area contributed by atoms with Gasteiger partial charge in [0, 0.05) is 12.0 Å². The number of likely N-dealkylation sites (tertiary alicyclic amines) is 1. The Balaban J connectivity index is 1.35. The Morgan fingerprint density at radius 3 is 2.79 bits per heavy atom. The molecule has 3 aromatic rings. The van der Waals surface area contributed by atoms with Crippen molar-refractivity contribution in [3.05, 3.63) is 71.7 Å². The van der Waals surface area contributed by atoms with Crippen LogP contribution in [0.25, 0.3) is 11.7 Å². The van der Waals surface area contributed by atoms with Crippen LogP contribution in [-0.4, -0.2) is 32.6 Å². The highest BCUT2D eigenvalue weighted by Crippen LogP contribution is 2.43. The molecule has 0 bridgehead atoms. The van der Waals surface area contributed by atoms with E-state index in [0.717, 1.165) is 25.3 Å². The Hall–Kier alpha value is -2.46. The molecule has 1 aromatic carbocycles. The van der Waals surface area contributed by atoms with E-state index >= 15 is 0 Å². The third-order valence-electron chi connectivity index (χ3n) is 5.59. The lowest BCUT2D eigenvalue weighted by Crippen LogP contribution is -2.40. The van der Waals surface area contributed by atoms with Crippen LogP contribution in [0, 0.1) is 0 Å². The molecule has 2 aromatic heterocycles. The van der Waals surface area contributed by atoms with Gasteiger partial charge in [-0.1, -0.05) is 42.5 Å². The number of rotatable bonds is 2. The second-order valence-corrected chi connectivity index (χ2v) is 6.90. The molecule has 0 amide bonds. The zero-order chi connectivity index (χ0) is 16.0. The predicted molar refractivity (Wildman–Crippen MR) is 94.7 cm³/mol. The quantitative estimate of drug-likeness (QED) is 0.727. The molecule has 4 nitrogen and oxygen atoms in total. The average Bonchev–Trinajstić information content (AvgIpc) is 3.24. The maximum Gasteiger partial charge on any atom is 0.155 e. The summed E-state index contributed by atoms with van der Waals surface area (Å²) in [5.41, 5.74) is 5.31. The highest BCUT2D eigenvalue weighted by molar-refractivity contribution is 5.65. The van der Waals surface area contributed by atoms with Gasteiger partial charge in [0.25, 0.3) is 0 Å². The van der Waals surface area contributed by atoms with Crippen LogP contribution < -0.4 is 0 Å². The van der Waals surface area contributed by atoms with E-state index in [2.05, 4.69) is 63.5 Å². The molecule has 1 aliphatic carbocycles. The zero-order valence-corrected chi connectivity index (χ0v) is 13.6. The molecule has 3 heterocycles. The lowest BCUT2D eigenvalue weighted by atomic mass is 9.74. The Labute approximate surface area is 141 Å². The number of benzene rings is 1. The first-order valence-electron chi connectivity index (χ1n) is 8.63. The van der Waals surface area contributed by atoms with Crippen molar-refractivity contribution in [2.45, 2.75) is 24.8 Å². The molecule has 5 rings (SSSR count). The molecule has 1 spiro atoms. The number of allylic oxidation sites excluding steroid dienone is 1. The van der Waals surface area contributed by atoms with Gasteiger partial charge >= 0.3 is 0 Å². The van der Waals surface area contributed by atoms with Gasteiger partial charge in [0.1, 0.15) is 6.33 Å². The van der Waals surface area contributed by atoms with E-state index in [0.29, 0.717) is 0 Å². The number of hydrogen-bond acceptors (Lipinski definition) is 3. The van der Waals surface area contributed by atoms with Crippen LogP contribution in [0.1, 0.15) is 29.7 Å². The van der Waals surface area contributed by atoms with Gasteiger partial charge in [-0.25, -0.2) is 9.50 Å². The van der Waals surface area contributed by atoms with Gasteiger partial charge < -0.3 is 0 Å². The van der Waals surface area contributed by atoms with Crippen LogP contribution in [0.4, 0.5) is 0 Å². The maximum atomic E-state index is 4.35. The fraction of sp³-hybridized carbons (Fsp3) is 0.300. The van der Waals surface area contributed by atoms with Crippen LogP contribution in [-0.2, 0) is 12.0 Å². The smallest absolute Gasteiger partial charge is 0.155 e. The van der Waals surface area contributed by atoms with Crippen molar-refractivity contribution in [1.82, 2.24) is 19.5 Å². The summed E-state index contributed by atoms with van der Waals surface area (Å²) in [6, 6.07) is 15.1. The molecule has 1 saturated heterocycles. The molecule has 120 valence electrons. The molecule has 1 fully saturated rings. The summed E-state index contributed by atoms with van der Waals surface area (Å²) in [5.74, 6) is 0. The normalized spacial score (nSPS) is 19.2. The fourth-order valence-corrected chi connectivity index (χ4v) is 4.23. The number of aromatic nitrogens is 3. The monoisotopic (exact) mass is 316 g/mol. The van der Waals surface area contributed by atoms with Gasteiger partial charge in [0.15, 0.2) is 5.65 Å². The summed E-state index contributed by atoms with van der Waals surface area (Å²) >= 11 is 0. The van der Waals surface area contributed by atoms with Crippen LogP contribution in [0.15, 0.2) is 54.9 Å². The molecule has 24 heavy (non-hydrogen) atoms. The zero-order valence-electron chi connectivity index (χ0n) is 13.6. The Morgan fingerprint density at radius 1 is 1.00 bits per heavy atom. The highest BCUT2D eigenvalue weighted by Gasteiger charge is 2.37. The first kappa shape index (κ1) is 13.9. The fourth-order valence-electron chi connectivity index (χ4n) is 4.23. The summed E-state index contributed by atoms with van der Waals surface area (Å²) in [6.07, 6.45) is 8.75. The molecular weight excluding hydrogens is 296 g/mol. The largest absolute Gasteiger partial charge is 0.297 e. The van der Waals surface area contributed by atoms with Gasteiger partial charge in [-0.3, -0.25) is 4.90 Å². The van der Waals surface area contributed by atoms with E-state index in [1.165, 1.54) is 29.7 Å². The molecule has 0 atom stereocenters. The van der Waals surface area contributed by atoms with E-state index in [9.17, 15) is 0 Å². The summed E-state index contributed by atoms with van der Waals surface area (Å²) in [6.45, 7) is 3.16. The summed E-state index contributed by atoms with van der Waals surface area (Å²) in [5, 5.41) is 4.35. The number of fused-ring (bicyclic) bond motifs is 3. The highest BCUT2D eigenvalue weighted by atomic mass is 15.3. The summed E-state index contributed by atoms with van der Waals surface area (Å²) in [4.78, 5) is 6.82. The van der Waals surface area contributed by atoms with Crippen LogP contribution >= 0.6 is 0 Å². The molecule has 1 aliphatic heterocycles. The number of pyridine rings is 1. The van der Waals surface area contributed by atoms with Gasteiger partial charge in [0.2, 0.25) is 0 Å². The Kier molecular flexibility index (Phi) is 3.06. The predicted octanol–water partition coefficient (Wildman–Crippen LogP) is 3.29. The van der Waals surface area contributed by atoms with Crippen LogP contribution in [0.3, 0.4) is 0 Å². The maximum absolute atomic E-state index is 4.35. The van der Waals surface area contributed by atoms with Crippen molar-refractivity contribution in [2.24, 2.45) is 0 Å². The topological polar surface area (TPSA) is 33.4 Å². The number of hydrogen-bond donors (Lipinski definition) is 0. The van der Waals surface area contributed by atoms with E-state index in [1.807, 2.05) is 10.6 Å². The van der Waals surface area contributed by atoms with Crippen molar-refractivity contribution in [3.63, 3.8) is 0 Å². The lowest BCUT2D eigenvalue weighted by Gasteiger charge is -2.39. The number of nitrogens with zero attached hydrogens (tertiary/aromatic N) is 4. The van der Waals surface area contributed by atoms with E-state index in [4.69, 9.17) is 0 Å². The second kappa shape index (κ2) is 5.28. The van der Waals surface area contributed by atoms with Gasteiger partial charge in [-0.15, -0.1) is 0 Å². The first-order chi connectivity index (χ1) is 11.8. The van der Waals surface area contributed by atoms with Crippen LogP contribution in [0.2, 0.25) is 0 Å². The Bertz CT molecular complexity index is 916. The standard InChI is InChI=1S/C20H20N4/c1-2-6-18-16(4-1)8-9-20(18)10-12-23(13-11-20)14-17-5-3-7-19-21-15-22-24(17)19/h1-9,15H,10-14H2. The molecule has 0 unspecified atom stereocenters. The third kappa shape index (κ3) is 2.10. The SMILES string of the molecule is C1=CC2(CCN(Cc3cccc4ncnn34)CC2)c2ccccc21. The number of piperidine rings is 1. The summed E-state index contributed by atoms with van der Waals surface area (Å²) < 4.78 is 1.95. The molecule has 4 heteroatoms. The molecule has 0 saturated carbocycles. The van der Waals surface area contributed by atoms with Gasteiger partial charge in [-0.2, -0.15) is 5.10 Å². The van der Waals surface area contributed by atoms with Gasteiger partial charge in [0.05, 0.1) is 5.69 Å². The average molecular weight is 316 g/mol.